The van der Waals surface area contributed by atoms with Crippen LogP contribution in [0.3, 0.4) is 0 Å². The lowest BCUT2D eigenvalue weighted by atomic mass is 10.0. The molecule has 0 aliphatic carbocycles. The summed E-state index contributed by atoms with van der Waals surface area (Å²) in [7, 11) is 1.30. The molecule has 0 saturated heterocycles. The summed E-state index contributed by atoms with van der Waals surface area (Å²) < 4.78 is 6.56. The maximum Gasteiger partial charge on any atom is 0.328 e. The summed E-state index contributed by atoms with van der Waals surface area (Å²) >= 11 is 0. The molecule has 0 spiro atoms. The molecule has 2 rings (SSSR count). The fourth-order valence-corrected chi connectivity index (χ4v) is 2.77. The van der Waals surface area contributed by atoms with Gasteiger partial charge in [-0.2, -0.15) is 10.4 Å². The largest absolute Gasteiger partial charge is 0.467 e. The van der Waals surface area contributed by atoms with Crippen molar-refractivity contribution >= 4 is 22.8 Å². The van der Waals surface area contributed by atoms with Crippen LogP contribution in [0.5, 0.6) is 0 Å². The van der Waals surface area contributed by atoms with Crippen LogP contribution in [0.2, 0.25) is 0 Å². The van der Waals surface area contributed by atoms with Gasteiger partial charge in [0.2, 0.25) is 0 Å². The van der Waals surface area contributed by atoms with E-state index in [0.29, 0.717) is 13.0 Å². The highest BCUT2D eigenvalue weighted by atomic mass is 16.5. The number of carbonyl (C=O) groups excluding carboxylic acids is 2. The van der Waals surface area contributed by atoms with Gasteiger partial charge >= 0.3 is 5.97 Å². The molecular weight excluding hydrogens is 332 g/mol. The van der Waals surface area contributed by atoms with E-state index >= 15 is 0 Å². The molecule has 1 unspecified atom stereocenters. The number of hydrogen-bond acceptors (Lipinski definition) is 5. The molecular formula is C19H24N4O3. The first-order valence-corrected chi connectivity index (χ1v) is 8.70. The third-order valence-corrected chi connectivity index (χ3v) is 4.19. The molecule has 1 aromatic heterocycles. The fraction of sp³-hybridized carbons (Fsp3) is 0.474. The zero-order chi connectivity index (χ0) is 19.1. The minimum atomic E-state index is -0.730. The van der Waals surface area contributed by atoms with E-state index in [1.807, 2.05) is 38.1 Å². The van der Waals surface area contributed by atoms with E-state index in [-0.39, 0.29) is 11.6 Å². The van der Waals surface area contributed by atoms with E-state index in [4.69, 9.17) is 10.00 Å². The highest BCUT2D eigenvalue weighted by Gasteiger charge is 2.27. The normalized spacial score (nSPS) is 12.0. The first kappa shape index (κ1) is 19.4. The van der Waals surface area contributed by atoms with E-state index < -0.39 is 17.9 Å². The molecule has 0 aliphatic heterocycles. The van der Waals surface area contributed by atoms with Crippen molar-refractivity contribution in [2.45, 2.75) is 45.7 Å². The van der Waals surface area contributed by atoms with E-state index in [1.165, 1.54) is 7.11 Å². The Morgan fingerprint density at radius 2 is 2.04 bits per heavy atom. The van der Waals surface area contributed by atoms with Crippen molar-refractivity contribution in [3.8, 4) is 6.07 Å². The highest BCUT2D eigenvalue weighted by molar-refractivity contribution is 6.06. The molecule has 2 aromatic rings. The Labute approximate surface area is 152 Å². The zero-order valence-corrected chi connectivity index (χ0v) is 15.4. The second kappa shape index (κ2) is 8.99. The molecule has 0 saturated carbocycles. The van der Waals surface area contributed by atoms with Crippen molar-refractivity contribution in [1.29, 1.82) is 5.26 Å². The molecule has 0 radical (unpaired) electrons. The van der Waals surface area contributed by atoms with Gasteiger partial charge in [-0.3, -0.25) is 9.48 Å². The summed E-state index contributed by atoms with van der Waals surface area (Å²) in [4.78, 5) is 24.6. The predicted octanol–water partition coefficient (Wildman–Crippen LogP) is 2.66. The van der Waals surface area contributed by atoms with E-state index in [1.54, 1.807) is 4.68 Å². The maximum atomic E-state index is 12.7. The molecule has 0 bridgehead atoms. The average molecular weight is 356 g/mol. The first-order chi connectivity index (χ1) is 12.5. The molecule has 1 atom stereocenters. The zero-order valence-electron chi connectivity index (χ0n) is 15.4. The van der Waals surface area contributed by atoms with Gasteiger partial charge in [0.15, 0.2) is 5.69 Å². The van der Waals surface area contributed by atoms with Crippen LogP contribution >= 0.6 is 0 Å². The number of aryl methyl sites for hydroxylation is 1. The monoisotopic (exact) mass is 356 g/mol. The van der Waals surface area contributed by atoms with Crippen molar-refractivity contribution in [3.05, 3.63) is 30.0 Å². The van der Waals surface area contributed by atoms with Crippen LogP contribution in [0.1, 0.15) is 43.6 Å². The Morgan fingerprint density at radius 3 is 2.69 bits per heavy atom. The lowest BCUT2D eigenvalue weighted by Crippen LogP contribution is -2.45. The standard InChI is InChI=1S/C19H24N4O3/c1-13(2)16(19(25)26-3)21-18(24)17-14-9-5-6-10-15(14)23(22-17)12-8-4-7-11-20/h5-6,9-10,13,16H,4,7-8,12H2,1-3H3,(H,21,24). The van der Waals surface area contributed by atoms with Gasteiger partial charge in [0.1, 0.15) is 6.04 Å². The van der Waals surface area contributed by atoms with Crippen LogP contribution in [-0.4, -0.2) is 34.8 Å². The number of esters is 1. The fourth-order valence-electron chi connectivity index (χ4n) is 2.77. The molecule has 7 heteroatoms. The topological polar surface area (TPSA) is 97.0 Å². The maximum absolute atomic E-state index is 12.7. The number of unbranched alkanes of at least 4 members (excludes halogenated alkanes) is 2. The van der Waals surface area contributed by atoms with Gasteiger partial charge < -0.3 is 10.1 Å². The average Bonchev–Trinajstić information content (AvgIpc) is 3.01. The molecule has 1 amide bonds. The molecule has 1 N–H and O–H groups in total. The van der Waals surface area contributed by atoms with Gasteiger partial charge in [-0.15, -0.1) is 0 Å². The smallest absolute Gasteiger partial charge is 0.328 e. The van der Waals surface area contributed by atoms with Crippen molar-refractivity contribution in [2.24, 2.45) is 5.92 Å². The van der Waals surface area contributed by atoms with Crippen molar-refractivity contribution in [2.75, 3.05) is 7.11 Å². The van der Waals surface area contributed by atoms with E-state index in [2.05, 4.69) is 16.5 Å². The minimum absolute atomic E-state index is 0.106. The second-order valence-electron chi connectivity index (χ2n) is 6.42. The summed E-state index contributed by atoms with van der Waals surface area (Å²) in [5, 5.41) is 16.6. The van der Waals surface area contributed by atoms with Crippen molar-refractivity contribution < 1.29 is 14.3 Å². The number of nitrogens with one attached hydrogen (secondary N) is 1. The summed E-state index contributed by atoms with van der Waals surface area (Å²) in [6.07, 6.45) is 2.09. The summed E-state index contributed by atoms with van der Waals surface area (Å²) in [5.41, 5.74) is 1.14. The van der Waals surface area contributed by atoms with E-state index in [9.17, 15) is 9.59 Å². The molecule has 1 heterocycles. The number of rotatable bonds is 8. The number of methoxy groups -OCH3 is 1. The second-order valence-corrected chi connectivity index (χ2v) is 6.42. The van der Waals surface area contributed by atoms with Crippen LogP contribution in [0.25, 0.3) is 10.9 Å². The van der Waals surface area contributed by atoms with Gasteiger partial charge in [-0.05, 0) is 24.8 Å². The van der Waals surface area contributed by atoms with Crippen molar-refractivity contribution in [1.82, 2.24) is 15.1 Å². The molecule has 26 heavy (non-hydrogen) atoms. The number of aromatic nitrogens is 2. The lowest BCUT2D eigenvalue weighted by molar-refractivity contribution is -0.144. The number of nitriles is 1. The molecule has 7 nitrogen and oxygen atoms in total. The van der Waals surface area contributed by atoms with Crippen LogP contribution < -0.4 is 5.32 Å². The Morgan fingerprint density at radius 1 is 1.31 bits per heavy atom. The third kappa shape index (κ3) is 4.39. The Balaban J connectivity index is 2.26. The lowest BCUT2D eigenvalue weighted by Gasteiger charge is -2.19. The number of para-hydroxylation sites is 1. The molecule has 138 valence electrons. The number of ether oxygens (including phenoxy) is 1. The van der Waals surface area contributed by atoms with Crippen LogP contribution in [0, 0.1) is 17.2 Å². The van der Waals surface area contributed by atoms with Crippen LogP contribution in [0.4, 0.5) is 0 Å². The number of amides is 1. The van der Waals surface area contributed by atoms with Gasteiger partial charge in [-0.25, -0.2) is 4.79 Å². The molecule has 0 fully saturated rings. The SMILES string of the molecule is COC(=O)C(NC(=O)c1nn(CCCCC#N)c2ccccc12)C(C)C. The Kier molecular flexibility index (Phi) is 6.73. The number of carbonyl (C=O) groups is 2. The first-order valence-electron chi connectivity index (χ1n) is 8.70. The quantitative estimate of drug-likeness (QED) is 0.579. The number of nitrogens with zero attached hydrogens (tertiary/aromatic N) is 3. The highest BCUT2D eigenvalue weighted by Crippen LogP contribution is 2.19. The van der Waals surface area contributed by atoms with Gasteiger partial charge in [-0.1, -0.05) is 32.0 Å². The number of hydrogen-bond donors (Lipinski definition) is 1. The number of benzene rings is 1. The van der Waals surface area contributed by atoms with Gasteiger partial charge in [0.25, 0.3) is 5.91 Å². The summed E-state index contributed by atoms with van der Waals surface area (Å²) in [5.74, 6) is -0.986. The number of fused-ring (bicyclic) bond motifs is 1. The molecule has 0 aliphatic rings. The third-order valence-electron chi connectivity index (χ3n) is 4.19. The van der Waals surface area contributed by atoms with E-state index in [0.717, 1.165) is 23.7 Å². The summed E-state index contributed by atoms with van der Waals surface area (Å²) in [6, 6.07) is 8.88. The van der Waals surface area contributed by atoms with Crippen LogP contribution in [-0.2, 0) is 16.1 Å². The van der Waals surface area contributed by atoms with Crippen molar-refractivity contribution in [3.63, 3.8) is 0 Å². The van der Waals surface area contributed by atoms with Crippen LogP contribution in [0.15, 0.2) is 24.3 Å². The Bertz CT molecular complexity index is 820. The predicted molar refractivity (Wildman–Crippen MR) is 97.3 cm³/mol. The van der Waals surface area contributed by atoms with Gasteiger partial charge in [0, 0.05) is 18.4 Å². The van der Waals surface area contributed by atoms with Gasteiger partial charge in [0.05, 0.1) is 18.7 Å². The molecule has 1 aromatic carbocycles. The summed E-state index contributed by atoms with van der Waals surface area (Å²) in [6.45, 7) is 4.31. The Hall–Kier alpha value is -2.88. The minimum Gasteiger partial charge on any atom is -0.467 e.